The first-order valence-corrected chi connectivity index (χ1v) is 35.0. The van der Waals surface area contributed by atoms with E-state index in [1.54, 1.807) is 43.9 Å². The van der Waals surface area contributed by atoms with Crippen LogP contribution in [-0.4, -0.2) is 91.0 Å². The Bertz CT molecular complexity index is 3970. The first-order valence-electron chi connectivity index (χ1n) is 35.0. The van der Waals surface area contributed by atoms with Crippen LogP contribution >= 0.6 is 0 Å². The summed E-state index contributed by atoms with van der Waals surface area (Å²) in [4.78, 5) is 74.7. The van der Waals surface area contributed by atoms with Gasteiger partial charge in [0, 0.05) is 87.3 Å². The fourth-order valence-electron chi connectivity index (χ4n) is 18.6. The summed E-state index contributed by atoms with van der Waals surface area (Å²) in [7, 11) is 2.70. The molecule has 6 saturated carbocycles. The number of aliphatic hydroxyl groups is 1. The zero-order valence-corrected chi connectivity index (χ0v) is 59.9. The molecule has 18 heteroatoms. The molecule has 101 heavy (non-hydrogen) atoms. The van der Waals surface area contributed by atoms with Crippen molar-refractivity contribution >= 4 is 56.6 Å². The van der Waals surface area contributed by atoms with E-state index < -0.39 is 0 Å². The molecule has 525 valence electrons. The number of ether oxygens (including phenoxy) is 4. The van der Waals surface area contributed by atoms with Crippen LogP contribution in [0.5, 0.6) is 0 Å². The van der Waals surface area contributed by atoms with Gasteiger partial charge in [-0.05, 0) is 233 Å². The van der Waals surface area contributed by atoms with Crippen LogP contribution in [0.2, 0.25) is 0 Å². The average Bonchev–Trinajstić information content (AvgIpc) is 1.57. The van der Waals surface area contributed by atoms with Crippen LogP contribution in [-0.2, 0) is 42.9 Å². The van der Waals surface area contributed by atoms with Crippen molar-refractivity contribution in [3.05, 3.63) is 192 Å². The van der Waals surface area contributed by atoms with Crippen LogP contribution in [0.15, 0.2) is 158 Å². The number of aldehydes is 1. The van der Waals surface area contributed by atoms with Crippen LogP contribution in [0.25, 0.3) is 51.6 Å². The number of carbonyl (C=O) groups excluding carboxylic acids is 5. The molecule has 15 rings (SSSR count). The van der Waals surface area contributed by atoms with Crippen molar-refractivity contribution in [1.82, 2.24) is 15.0 Å². The second-order valence-corrected chi connectivity index (χ2v) is 28.5. The van der Waals surface area contributed by atoms with Gasteiger partial charge in [0.1, 0.15) is 47.8 Å². The minimum atomic E-state index is -0.267. The van der Waals surface area contributed by atoms with Crippen molar-refractivity contribution in [3.63, 3.8) is 0 Å². The number of hydrogen-bond donors (Lipinski definition) is 1. The van der Waals surface area contributed by atoms with Crippen LogP contribution in [0.4, 0.5) is 13.2 Å². The number of Topliss-reactive ketones (excluding diaryl/α,β-unsaturated/α-hetero) is 1. The Labute approximate surface area is 618 Å². The summed E-state index contributed by atoms with van der Waals surface area (Å²) in [6.45, 7) is 6.03. The molecule has 3 radical (unpaired) electrons. The normalized spacial score (nSPS) is 31.5. The van der Waals surface area contributed by atoms with Gasteiger partial charge in [0.2, 0.25) is 0 Å². The van der Waals surface area contributed by atoms with Gasteiger partial charge >= 0.3 is 47.5 Å². The first-order chi connectivity index (χ1) is 47.5. The summed E-state index contributed by atoms with van der Waals surface area (Å²) in [5, 5.41) is 7.00. The van der Waals surface area contributed by atoms with Crippen LogP contribution in [0.3, 0.4) is 0 Å². The Morgan fingerprint density at radius 3 is 1.24 bits per heavy atom. The van der Waals surface area contributed by atoms with Crippen molar-refractivity contribution in [3.8, 4) is 33.4 Å². The van der Waals surface area contributed by atoms with E-state index in [2.05, 4.69) is 39.3 Å². The van der Waals surface area contributed by atoms with Gasteiger partial charge < -0.3 is 30.3 Å². The monoisotopic (exact) mass is 1380 g/mol. The van der Waals surface area contributed by atoms with Gasteiger partial charge in [-0.15, -0.1) is 0 Å². The molecule has 1 N–H and O–H groups in total. The number of esters is 3. The van der Waals surface area contributed by atoms with Gasteiger partial charge in [0.15, 0.2) is 0 Å². The van der Waals surface area contributed by atoms with Crippen LogP contribution in [0.1, 0.15) is 124 Å². The number of hydrogen-bond acceptors (Lipinski definition) is 13. The molecule has 3 saturated heterocycles. The van der Waals surface area contributed by atoms with Crippen molar-refractivity contribution in [2.75, 3.05) is 14.2 Å². The van der Waals surface area contributed by atoms with E-state index in [1.165, 1.54) is 42.0 Å². The number of aromatic nitrogens is 3. The molecule has 0 amide bonds. The number of halogens is 3. The third-order valence-corrected chi connectivity index (χ3v) is 23.0. The summed E-state index contributed by atoms with van der Waals surface area (Å²) < 4.78 is 62.8. The molecule has 9 aliphatic rings. The third-order valence-electron chi connectivity index (χ3n) is 23.0. The van der Waals surface area contributed by atoms with Gasteiger partial charge in [-0.2, -0.15) is 0 Å². The molecule has 0 unspecified atom stereocenters. The molecule has 3 aromatic carbocycles. The molecule has 6 aromatic rings. The van der Waals surface area contributed by atoms with Gasteiger partial charge in [-0.25, -0.2) is 13.2 Å². The first kappa shape index (κ1) is 77.6. The minimum absolute atomic E-state index is 0. The van der Waals surface area contributed by atoms with Gasteiger partial charge in [0.25, 0.3) is 0 Å². The van der Waals surface area contributed by atoms with Crippen molar-refractivity contribution < 1.29 is 92.2 Å². The van der Waals surface area contributed by atoms with Gasteiger partial charge in [-0.3, -0.25) is 34.1 Å². The number of rotatable bonds is 11. The van der Waals surface area contributed by atoms with Crippen molar-refractivity contribution in [2.45, 2.75) is 124 Å². The quantitative estimate of drug-likeness (QED) is 0.0426. The molecular formula is C83H93BF3N3NaO10. The average molecular weight is 1380 g/mol. The number of methoxy groups -OCH3 is 1. The SMILES string of the molecule is C.CO.COC=C1CC[C@@H]2[C@@H](C1)C[C@H]1C(=O)O[C@H](C)[C@H]1[C@H]2/C=C/c1ccc(-c2cccc(F)c2)cn1.C[C@H]1OC(=O)[C@@H]2C[C@@H]3CC(=O)CC[C@H]3[C@H](/C=C/c3ccc(-c4cccc(F)c4)cn3)[C@H]12.C[C@H]1OC(=O)[C@@H]2C[C@@H]3C[C@H](C=O)CC[C@H]3[C@H](/C=C/c3ccc(-c4cccc(F)c4)cn3)[C@H]12.[B].[H-].[Na+]. The Hall–Kier alpha value is -7.57. The second-order valence-electron chi connectivity index (χ2n) is 28.5. The number of ketones is 1. The Kier molecular flexibility index (Phi) is 26.9. The van der Waals surface area contributed by atoms with E-state index in [0.717, 1.165) is 128 Å². The molecule has 13 nitrogen and oxygen atoms in total. The molecule has 6 aliphatic carbocycles. The van der Waals surface area contributed by atoms with E-state index >= 15 is 0 Å². The van der Waals surface area contributed by atoms with E-state index in [0.29, 0.717) is 48.2 Å². The second kappa shape index (κ2) is 35.1. The number of carbonyl (C=O) groups is 5. The zero-order valence-electron chi connectivity index (χ0n) is 58.9. The molecule has 9 fully saturated rings. The number of pyridine rings is 3. The molecular weight excluding hydrogens is 1290 g/mol. The predicted octanol–water partition coefficient (Wildman–Crippen LogP) is 13.4. The Morgan fingerprint density at radius 2 is 0.871 bits per heavy atom. The summed E-state index contributed by atoms with van der Waals surface area (Å²) in [5.74, 6) is 2.99. The van der Waals surface area contributed by atoms with Crippen LogP contribution in [0, 0.1) is 112 Å². The maximum absolute atomic E-state index is 13.6. The third kappa shape index (κ3) is 17.6. The summed E-state index contributed by atoms with van der Waals surface area (Å²) >= 11 is 0. The Morgan fingerprint density at radius 1 is 0.495 bits per heavy atom. The number of aliphatic hydroxyl groups excluding tert-OH is 1. The predicted molar refractivity (Wildman–Crippen MR) is 382 cm³/mol. The number of benzene rings is 3. The van der Waals surface area contributed by atoms with E-state index in [4.69, 9.17) is 24.1 Å². The topological polar surface area (TPSA) is 181 Å². The van der Waals surface area contributed by atoms with E-state index in [1.807, 2.05) is 93.8 Å². The fraction of sp³-hybridized carbons (Fsp3) is 0.446. The van der Waals surface area contributed by atoms with E-state index in [-0.39, 0.29) is 166 Å². The summed E-state index contributed by atoms with van der Waals surface area (Å²) in [6, 6.07) is 31.2. The largest absolute Gasteiger partial charge is 1.00 e. The maximum atomic E-state index is 13.6. The summed E-state index contributed by atoms with van der Waals surface area (Å²) in [5.41, 5.74) is 8.89. The van der Waals surface area contributed by atoms with Gasteiger partial charge in [0.05, 0.1) is 48.2 Å². The zero-order chi connectivity index (χ0) is 68.7. The maximum Gasteiger partial charge on any atom is 1.00 e. The minimum Gasteiger partial charge on any atom is -1.00 e. The summed E-state index contributed by atoms with van der Waals surface area (Å²) in [6.07, 6.45) is 31.4. The molecule has 0 bridgehead atoms. The number of allylic oxidation sites excluding steroid dienone is 4. The molecule has 3 aliphatic heterocycles. The molecule has 6 heterocycles. The smallest absolute Gasteiger partial charge is 1.00 e. The van der Waals surface area contributed by atoms with Crippen molar-refractivity contribution in [1.29, 1.82) is 0 Å². The number of nitrogens with zero attached hydrogens (tertiary/aromatic N) is 3. The number of cyclic esters (lactones) is 3. The molecule has 3 aromatic heterocycles. The van der Waals surface area contributed by atoms with Crippen molar-refractivity contribution in [2.24, 2.45) is 94.7 Å². The fourth-order valence-corrected chi connectivity index (χ4v) is 18.6. The molecule has 0 spiro atoms. The van der Waals surface area contributed by atoms with Crippen LogP contribution < -0.4 is 29.6 Å². The van der Waals surface area contributed by atoms with E-state index in [9.17, 15) is 37.1 Å². The van der Waals surface area contributed by atoms with Gasteiger partial charge in [-0.1, -0.05) is 80.3 Å². The molecule has 19 atom stereocenters. The number of fused-ring (bicyclic) bond motifs is 6. The Balaban J connectivity index is 0.000000188. The standard InChI is InChI=1S/C28H30FNO3.C27H28FNO3.C26H26FNO3.CH4O.CH4.B.Na.H/c1-17-27-25(11-9-23-8-7-20(15-30-23)19-4-3-5-22(29)13-19)24-10-6-18(16-32-2)12-21(24)14-26(27)28(31)33-17;1-16-26-24(23-9-5-17(15-30)11-20(23)13-25(26)27(31)32-16)10-8-22-7-6-19(14-29-22)18-3-2-4-21(28)12-18;1-15-25-23(22-10-8-21(29)12-18(22)13-24(25)26(30)31-15)9-7-20-6-5-17(14-28-20)16-3-2-4-19(27)11-16;1-2;;;;/h3-5,7-9,11,13,15-17,21,24-27H,6,10,12,14H2,1-2H3;2-4,6-8,10,12,14-17,20,23-26H,5,9,11,13H2,1H3;2-7,9,11,14-15,18,22-25H,8,10,12-13H2,1H3;2H,1H3;1H4;;;/q;;;;;;+1;-1/b11-9+,18-16?;10-8+;9-7+;;;;;/t17-,21+,24-,25+,26-,27+;16-,17-,20+,23-,24+,25-,26+;15-,18+,22-,23+,24-,25+;;;;;/m111...../s1.